The van der Waals surface area contributed by atoms with E-state index >= 15 is 0 Å². The summed E-state index contributed by atoms with van der Waals surface area (Å²) >= 11 is 0. The highest BCUT2D eigenvalue weighted by molar-refractivity contribution is 7.61. The van der Waals surface area contributed by atoms with Crippen LogP contribution in [0.1, 0.15) is 6.23 Å². The Bertz CT molecular complexity index is 1140. The monoisotopic (exact) mass is 566 g/mol. The molecule has 2 aliphatic rings. The van der Waals surface area contributed by atoms with E-state index in [1.54, 1.807) is 0 Å². The molecule has 3 heterocycles. The molecule has 1 aromatic heterocycles. The lowest BCUT2D eigenvalue weighted by molar-refractivity contribution is -0.322. The van der Waals surface area contributed by atoms with Crippen molar-refractivity contribution >= 4 is 15.6 Å². The van der Waals surface area contributed by atoms with Gasteiger partial charge in [0.25, 0.3) is 5.56 Å². The summed E-state index contributed by atoms with van der Waals surface area (Å²) in [5, 5.41) is 58.9. The first-order valence-electron chi connectivity index (χ1n) is 9.96. The molecule has 0 amide bonds. The van der Waals surface area contributed by atoms with Crippen molar-refractivity contribution in [1.29, 1.82) is 0 Å². The molecule has 2 aliphatic heterocycles. The lowest BCUT2D eigenvalue weighted by atomic mass is 9.98. The maximum atomic E-state index is 12.3. The highest BCUT2D eigenvalue weighted by Crippen LogP contribution is 2.62. The van der Waals surface area contributed by atoms with E-state index in [4.69, 9.17) is 9.47 Å². The van der Waals surface area contributed by atoms with Crippen molar-refractivity contribution in [2.24, 2.45) is 0 Å². The molecule has 36 heavy (non-hydrogen) atoms. The molecule has 0 saturated carbocycles. The van der Waals surface area contributed by atoms with Gasteiger partial charge in [0.05, 0.1) is 13.2 Å². The Labute approximate surface area is 199 Å². The first kappa shape index (κ1) is 29.2. The number of phosphoric ester groups is 2. The molecule has 2 unspecified atom stereocenters. The van der Waals surface area contributed by atoms with E-state index in [0.29, 0.717) is 0 Å². The van der Waals surface area contributed by atoms with Gasteiger partial charge >= 0.3 is 21.3 Å². The lowest BCUT2D eigenvalue weighted by Gasteiger charge is -2.43. The number of ether oxygens (including phenoxy) is 2. The van der Waals surface area contributed by atoms with E-state index in [-0.39, 0.29) is 0 Å². The number of aliphatic hydroxyl groups is 6. The van der Waals surface area contributed by atoms with Gasteiger partial charge in [-0.05, 0) is 0 Å². The molecule has 9 N–H and O–H groups in total. The number of nitrogens with one attached hydrogen (secondary N) is 1. The summed E-state index contributed by atoms with van der Waals surface area (Å²) in [6.07, 6.45) is -11.7. The van der Waals surface area contributed by atoms with Crippen LogP contribution >= 0.6 is 15.6 Å². The minimum atomic E-state index is -5.72. The van der Waals surface area contributed by atoms with Crippen molar-refractivity contribution < 1.29 is 72.4 Å². The highest BCUT2D eigenvalue weighted by Gasteiger charge is 2.55. The molecule has 2 saturated heterocycles. The van der Waals surface area contributed by atoms with Gasteiger partial charge in [-0.25, -0.2) is 18.4 Å². The van der Waals surface area contributed by atoms with Crippen molar-refractivity contribution in [2.45, 2.75) is 48.6 Å². The molecule has 21 heteroatoms. The average Bonchev–Trinajstić information content (AvgIpc) is 3.06. The average molecular weight is 566 g/mol. The quantitative estimate of drug-likeness (QED) is 0.127. The van der Waals surface area contributed by atoms with Gasteiger partial charge < -0.3 is 49.9 Å². The fourth-order valence-electron chi connectivity index (χ4n) is 3.39. The number of H-pyrrole nitrogens is 1. The maximum absolute atomic E-state index is 12.3. The molecule has 206 valence electrons. The third-order valence-corrected chi connectivity index (χ3v) is 7.89. The van der Waals surface area contributed by atoms with Crippen molar-refractivity contribution in [3.63, 3.8) is 0 Å². The molecule has 1 aromatic rings. The smallest absolute Gasteiger partial charge is 0.391 e. The lowest BCUT2D eigenvalue weighted by Crippen LogP contribution is -2.63. The molecule has 0 radical (unpaired) electrons. The third-order valence-electron chi connectivity index (χ3n) is 5.23. The van der Waals surface area contributed by atoms with Crippen LogP contribution in [0.4, 0.5) is 0 Å². The molecule has 0 bridgehead atoms. The minimum absolute atomic E-state index is 0.718. The van der Waals surface area contributed by atoms with Crippen molar-refractivity contribution in [2.75, 3.05) is 19.8 Å². The fourth-order valence-corrected chi connectivity index (χ4v) is 5.70. The summed E-state index contributed by atoms with van der Waals surface area (Å²) in [4.78, 5) is 44.6. The maximum Gasteiger partial charge on any atom is 0.483 e. The Morgan fingerprint density at radius 2 is 1.75 bits per heavy atom. The minimum Gasteiger partial charge on any atom is -0.391 e. The summed E-state index contributed by atoms with van der Waals surface area (Å²) in [5.74, 6) is -2.84. The predicted molar refractivity (Wildman–Crippen MR) is 109 cm³/mol. The number of hydrogen-bond acceptors (Lipinski definition) is 15. The van der Waals surface area contributed by atoms with Gasteiger partial charge in [0.15, 0.2) is 6.23 Å². The highest BCUT2D eigenvalue weighted by atomic mass is 31.3. The Morgan fingerprint density at radius 1 is 1.08 bits per heavy atom. The second-order valence-electron chi connectivity index (χ2n) is 7.75. The van der Waals surface area contributed by atoms with Gasteiger partial charge in [0.2, 0.25) is 5.79 Å². The van der Waals surface area contributed by atoms with Crippen LogP contribution in [0.5, 0.6) is 0 Å². The van der Waals surface area contributed by atoms with E-state index < -0.39 is 95.4 Å². The number of rotatable bonds is 9. The molecule has 10 atom stereocenters. The van der Waals surface area contributed by atoms with Crippen LogP contribution in [0.15, 0.2) is 21.9 Å². The standard InChI is InChI=1S/C15H24N2O17P2/c18-5-15(12(24)9(21)6(19)3-30-15)33-36(28,29)34-35(26,27)31-4-7-10(22)11(23)13(32-7)17-2-1-8(20)16-14(17)25/h1-2,6-7,9-13,18-19,21-24H,3-5H2,(H,26,27)(H,28,29)(H,16,20,25)/t6-,7+,9+,10+,11+,12-,13+,15-/m0/s1. The second kappa shape index (κ2) is 10.8. The molecule has 0 spiro atoms. The molecule has 3 rings (SSSR count). The topological polar surface area (TPSA) is 297 Å². The van der Waals surface area contributed by atoms with E-state index in [9.17, 15) is 59.1 Å². The summed E-state index contributed by atoms with van der Waals surface area (Å²) < 4.78 is 48.3. The molecular formula is C15H24N2O17P2. The zero-order valence-electron chi connectivity index (χ0n) is 17.9. The number of aromatic nitrogens is 2. The second-order valence-corrected chi connectivity index (χ2v) is 10.7. The van der Waals surface area contributed by atoms with Crippen LogP contribution < -0.4 is 11.2 Å². The summed E-state index contributed by atoms with van der Waals surface area (Å²) in [6.45, 7) is -3.19. The van der Waals surface area contributed by atoms with Crippen LogP contribution in [0.2, 0.25) is 0 Å². The van der Waals surface area contributed by atoms with E-state index in [1.807, 2.05) is 4.98 Å². The van der Waals surface area contributed by atoms with Gasteiger partial charge in [-0.2, -0.15) is 4.31 Å². The number of hydrogen-bond donors (Lipinski definition) is 9. The van der Waals surface area contributed by atoms with Gasteiger partial charge in [-0.15, -0.1) is 0 Å². The number of nitrogens with zero attached hydrogens (tertiary/aromatic N) is 1. The van der Waals surface area contributed by atoms with Crippen LogP contribution in [-0.4, -0.2) is 112 Å². The first-order chi connectivity index (χ1) is 16.6. The summed E-state index contributed by atoms with van der Waals surface area (Å²) in [6, 6.07) is 0.925. The van der Waals surface area contributed by atoms with Crippen LogP contribution in [0, 0.1) is 0 Å². The molecule has 19 nitrogen and oxygen atoms in total. The fraction of sp³-hybridized carbons (Fsp3) is 0.733. The van der Waals surface area contributed by atoms with Crippen LogP contribution in [0.25, 0.3) is 0 Å². The molecule has 0 aromatic carbocycles. The van der Waals surface area contributed by atoms with E-state index in [2.05, 4.69) is 13.4 Å². The number of aliphatic hydroxyl groups excluding tert-OH is 6. The SMILES string of the molecule is O=c1ccn([C@@H]2O[C@H](COP(=O)(O)OP(=O)(O)O[C@]3(CO)OC[C@H](O)[C@@H](O)[C@@H]3O)[C@@H](O)[C@H]2O)c(=O)[nH]1. The molecule has 2 fully saturated rings. The van der Waals surface area contributed by atoms with Crippen LogP contribution in [-0.2, 0) is 32.0 Å². The first-order valence-corrected chi connectivity index (χ1v) is 12.9. The van der Waals surface area contributed by atoms with Gasteiger partial charge in [-0.1, -0.05) is 0 Å². The van der Waals surface area contributed by atoms with Gasteiger partial charge in [-0.3, -0.25) is 18.9 Å². The van der Waals surface area contributed by atoms with Crippen molar-refractivity contribution in [3.8, 4) is 0 Å². The zero-order chi connectivity index (χ0) is 27.1. The number of aromatic amines is 1. The largest absolute Gasteiger partial charge is 0.483 e. The number of phosphoric acid groups is 2. The zero-order valence-corrected chi connectivity index (χ0v) is 19.7. The molecule has 0 aliphatic carbocycles. The normalized spacial score (nSPS) is 38.4. The summed E-state index contributed by atoms with van der Waals surface area (Å²) in [5.41, 5.74) is -1.75. The predicted octanol–water partition coefficient (Wildman–Crippen LogP) is -4.79. The summed E-state index contributed by atoms with van der Waals surface area (Å²) in [7, 11) is -11.2. The van der Waals surface area contributed by atoms with Crippen LogP contribution in [0.3, 0.4) is 0 Å². The Kier molecular flexibility index (Phi) is 8.73. The Hall–Kier alpha value is -1.38. The van der Waals surface area contributed by atoms with E-state index in [1.165, 1.54) is 0 Å². The molecular weight excluding hydrogens is 542 g/mol. The van der Waals surface area contributed by atoms with Gasteiger partial charge in [0, 0.05) is 12.3 Å². The van der Waals surface area contributed by atoms with E-state index in [0.717, 1.165) is 16.8 Å². The third kappa shape index (κ3) is 6.18. The van der Waals surface area contributed by atoms with Crippen molar-refractivity contribution in [3.05, 3.63) is 33.1 Å². The van der Waals surface area contributed by atoms with Gasteiger partial charge in [0.1, 0.15) is 43.2 Å². The van der Waals surface area contributed by atoms with Crippen molar-refractivity contribution in [1.82, 2.24) is 9.55 Å². The Balaban J connectivity index is 1.65. The Morgan fingerprint density at radius 3 is 2.36 bits per heavy atom.